The van der Waals surface area contributed by atoms with E-state index in [1.807, 2.05) is 48.5 Å². The van der Waals surface area contributed by atoms with Crippen LogP contribution < -0.4 is 10.6 Å². The molecule has 0 saturated heterocycles. The minimum atomic E-state index is -0.355. The summed E-state index contributed by atoms with van der Waals surface area (Å²) in [5, 5.41) is 8.28. The molecule has 1 aliphatic rings. The van der Waals surface area contributed by atoms with Crippen molar-refractivity contribution in [3.05, 3.63) is 137 Å². The molecule has 5 nitrogen and oxygen atoms in total. The van der Waals surface area contributed by atoms with E-state index < -0.39 is 0 Å². The fourth-order valence-corrected chi connectivity index (χ4v) is 4.69. The van der Waals surface area contributed by atoms with Gasteiger partial charge >= 0.3 is 0 Å². The molecular formula is C31H20N2O3. The summed E-state index contributed by atoms with van der Waals surface area (Å²) in [6.45, 7) is 0. The molecule has 5 aromatic carbocycles. The van der Waals surface area contributed by atoms with Gasteiger partial charge in [0.1, 0.15) is 0 Å². The summed E-state index contributed by atoms with van der Waals surface area (Å²) in [7, 11) is 0. The zero-order chi connectivity index (χ0) is 24.6. The van der Waals surface area contributed by atoms with Gasteiger partial charge in [0.25, 0.3) is 5.91 Å². The third-order valence-electron chi connectivity index (χ3n) is 6.42. The summed E-state index contributed by atoms with van der Waals surface area (Å²) in [6, 6.07) is 32.8. The fourth-order valence-electron chi connectivity index (χ4n) is 4.69. The van der Waals surface area contributed by atoms with Gasteiger partial charge in [0.15, 0.2) is 11.6 Å². The lowest BCUT2D eigenvalue weighted by Gasteiger charge is -2.24. The zero-order valence-electron chi connectivity index (χ0n) is 19.1. The first-order valence-corrected chi connectivity index (χ1v) is 11.6. The maximum atomic E-state index is 13.7. The molecule has 5 aromatic rings. The van der Waals surface area contributed by atoms with E-state index in [1.54, 1.807) is 60.7 Å². The summed E-state index contributed by atoms with van der Waals surface area (Å²) in [5.41, 5.74) is 3.19. The van der Waals surface area contributed by atoms with Crippen molar-refractivity contribution in [3.8, 4) is 0 Å². The summed E-state index contributed by atoms with van der Waals surface area (Å²) >= 11 is 0. The molecule has 0 aliphatic heterocycles. The third-order valence-corrected chi connectivity index (χ3v) is 6.42. The van der Waals surface area contributed by atoms with Gasteiger partial charge in [-0.3, -0.25) is 14.4 Å². The second-order valence-electron chi connectivity index (χ2n) is 8.59. The summed E-state index contributed by atoms with van der Waals surface area (Å²) in [4.78, 5) is 40.3. The van der Waals surface area contributed by atoms with Crippen molar-refractivity contribution in [1.29, 1.82) is 0 Å². The number of carbonyl (C=O) groups excluding carboxylic acids is 3. The molecule has 172 valence electrons. The van der Waals surface area contributed by atoms with Crippen molar-refractivity contribution in [2.75, 3.05) is 10.6 Å². The van der Waals surface area contributed by atoms with Gasteiger partial charge < -0.3 is 10.6 Å². The predicted molar refractivity (Wildman–Crippen MR) is 141 cm³/mol. The minimum absolute atomic E-state index is 0.188. The van der Waals surface area contributed by atoms with Crippen LogP contribution in [-0.2, 0) is 0 Å². The van der Waals surface area contributed by atoms with Crippen LogP contribution in [-0.4, -0.2) is 17.5 Å². The van der Waals surface area contributed by atoms with Crippen molar-refractivity contribution >= 4 is 45.3 Å². The number of nitrogens with one attached hydrogen (secondary N) is 2. The number of rotatable bonds is 4. The maximum absolute atomic E-state index is 13.7. The molecular weight excluding hydrogens is 448 g/mol. The van der Waals surface area contributed by atoms with Gasteiger partial charge in [0.2, 0.25) is 0 Å². The number of carbonyl (C=O) groups is 3. The normalized spacial score (nSPS) is 12.1. The van der Waals surface area contributed by atoms with Crippen molar-refractivity contribution in [3.63, 3.8) is 0 Å². The first kappa shape index (κ1) is 21.5. The van der Waals surface area contributed by atoms with E-state index in [0.29, 0.717) is 28.1 Å². The Balaban J connectivity index is 1.50. The van der Waals surface area contributed by atoms with Crippen molar-refractivity contribution < 1.29 is 14.4 Å². The SMILES string of the molecule is O=C(Nc1ccc(Nc2cccc3ccccc23)c2c1C(=O)c1ccccc1C2=O)c1ccccc1. The van der Waals surface area contributed by atoms with Crippen LogP contribution in [0.2, 0.25) is 0 Å². The van der Waals surface area contributed by atoms with Gasteiger partial charge in [-0.05, 0) is 35.7 Å². The van der Waals surface area contributed by atoms with Gasteiger partial charge in [-0.2, -0.15) is 0 Å². The highest BCUT2D eigenvalue weighted by Gasteiger charge is 2.34. The monoisotopic (exact) mass is 468 g/mol. The van der Waals surface area contributed by atoms with E-state index in [-0.39, 0.29) is 28.6 Å². The molecule has 0 unspecified atom stereocenters. The van der Waals surface area contributed by atoms with Crippen LogP contribution in [0.15, 0.2) is 109 Å². The Morgan fingerprint density at radius 1 is 0.528 bits per heavy atom. The van der Waals surface area contributed by atoms with Crippen LogP contribution in [0.25, 0.3) is 10.8 Å². The molecule has 5 heteroatoms. The van der Waals surface area contributed by atoms with Crippen LogP contribution in [0.4, 0.5) is 17.1 Å². The van der Waals surface area contributed by atoms with Crippen LogP contribution in [0.1, 0.15) is 42.2 Å². The second-order valence-corrected chi connectivity index (χ2v) is 8.59. The van der Waals surface area contributed by atoms with E-state index in [2.05, 4.69) is 10.6 Å². The molecule has 0 fully saturated rings. The first-order valence-electron chi connectivity index (χ1n) is 11.6. The van der Waals surface area contributed by atoms with Crippen molar-refractivity contribution in [2.24, 2.45) is 0 Å². The van der Waals surface area contributed by atoms with Gasteiger partial charge in [0.05, 0.1) is 22.5 Å². The molecule has 0 saturated carbocycles. The summed E-state index contributed by atoms with van der Waals surface area (Å²) < 4.78 is 0. The van der Waals surface area contributed by atoms with E-state index in [1.165, 1.54) is 0 Å². The van der Waals surface area contributed by atoms with E-state index >= 15 is 0 Å². The van der Waals surface area contributed by atoms with E-state index in [9.17, 15) is 14.4 Å². The smallest absolute Gasteiger partial charge is 0.255 e. The average Bonchev–Trinajstić information content (AvgIpc) is 2.93. The lowest BCUT2D eigenvalue weighted by atomic mass is 9.82. The molecule has 36 heavy (non-hydrogen) atoms. The number of hydrogen-bond acceptors (Lipinski definition) is 4. The molecule has 0 atom stereocenters. The Labute approximate surface area is 207 Å². The highest BCUT2D eigenvalue weighted by molar-refractivity contribution is 6.32. The Morgan fingerprint density at radius 2 is 1.11 bits per heavy atom. The molecule has 0 aromatic heterocycles. The lowest BCUT2D eigenvalue weighted by molar-refractivity contribution is 0.0979. The molecule has 0 radical (unpaired) electrons. The quantitative estimate of drug-likeness (QED) is 0.305. The first-order chi connectivity index (χ1) is 17.6. The highest BCUT2D eigenvalue weighted by atomic mass is 16.2. The van der Waals surface area contributed by atoms with E-state index in [4.69, 9.17) is 0 Å². The van der Waals surface area contributed by atoms with Crippen LogP contribution >= 0.6 is 0 Å². The molecule has 0 bridgehead atoms. The third kappa shape index (κ3) is 3.54. The maximum Gasteiger partial charge on any atom is 0.255 e. The average molecular weight is 469 g/mol. The Kier molecular flexibility index (Phi) is 5.16. The minimum Gasteiger partial charge on any atom is -0.354 e. The van der Waals surface area contributed by atoms with Crippen LogP contribution in [0.5, 0.6) is 0 Å². The van der Waals surface area contributed by atoms with Crippen molar-refractivity contribution in [2.45, 2.75) is 0 Å². The van der Waals surface area contributed by atoms with Gasteiger partial charge in [-0.25, -0.2) is 0 Å². The van der Waals surface area contributed by atoms with Crippen molar-refractivity contribution in [1.82, 2.24) is 0 Å². The Hall–Kier alpha value is -5.03. The highest BCUT2D eigenvalue weighted by Crippen LogP contribution is 2.38. The fraction of sp³-hybridized carbons (Fsp3) is 0. The molecule has 0 spiro atoms. The molecule has 1 aliphatic carbocycles. The predicted octanol–water partition coefficient (Wildman–Crippen LogP) is 6.61. The lowest BCUT2D eigenvalue weighted by Crippen LogP contribution is -2.25. The number of hydrogen-bond donors (Lipinski definition) is 2. The number of ketones is 2. The number of fused-ring (bicyclic) bond motifs is 3. The number of anilines is 3. The molecule has 1 amide bonds. The molecule has 2 N–H and O–H groups in total. The zero-order valence-corrected chi connectivity index (χ0v) is 19.1. The Morgan fingerprint density at radius 3 is 1.86 bits per heavy atom. The van der Waals surface area contributed by atoms with Crippen LogP contribution in [0, 0.1) is 0 Å². The second kappa shape index (κ2) is 8.64. The van der Waals surface area contributed by atoms with Gasteiger partial charge in [-0.15, -0.1) is 0 Å². The Bertz CT molecular complexity index is 1680. The van der Waals surface area contributed by atoms with Crippen LogP contribution in [0.3, 0.4) is 0 Å². The number of amides is 1. The van der Waals surface area contributed by atoms with Gasteiger partial charge in [0, 0.05) is 27.8 Å². The standard InChI is InChI=1S/C31H20N2O3/c34-29-22-14-6-7-15-23(22)30(35)28-26(33-31(36)20-10-2-1-3-11-20)18-17-25(27(28)29)32-24-16-8-12-19-9-4-5-13-21(19)24/h1-18,32H,(H,33,36). The molecule has 6 rings (SSSR count). The number of benzene rings is 5. The molecule has 0 heterocycles. The van der Waals surface area contributed by atoms with E-state index in [0.717, 1.165) is 16.5 Å². The largest absolute Gasteiger partial charge is 0.354 e. The topological polar surface area (TPSA) is 75.3 Å². The van der Waals surface area contributed by atoms with Gasteiger partial charge in [-0.1, -0.05) is 78.9 Å². The summed E-state index contributed by atoms with van der Waals surface area (Å²) in [6.07, 6.45) is 0. The summed E-state index contributed by atoms with van der Waals surface area (Å²) in [5.74, 6) is -0.921.